The lowest BCUT2D eigenvalue weighted by Gasteiger charge is -2.06. The number of benzene rings is 1. The molecule has 1 rings (SSSR count). The van der Waals surface area contributed by atoms with E-state index in [1.807, 2.05) is 13.8 Å². The Morgan fingerprint density at radius 2 is 2.00 bits per heavy atom. The molecule has 0 aromatic heterocycles. The molecular weight excluding hydrogens is 326 g/mol. The van der Waals surface area contributed by atoms with Gasteiger partial charge in [0.2, 0.25) is 0 Å². The summed E-state index contributed by atoms with van der Waals surface area (Å²) in [5.41, 5.74) is 6.48. The Labute approximate surface area is 105 Å². The predicted octanol–water partition coefficient (Wildman–Crippen LogP) is 3.80. The van der Waals surface area contributed by atoms with Gasteiger partial charge in [-0.25, -0.2) is 0 Å². The molecule has 15 heavy (non-hydrogen) atoms. The molecule has 0 heterocycles. The molecule has 2 N–H and O–H groups in total. The minimum absolute atomic E-state index is 0.0698. The lowest BCUT2D eigenvalue weighted by molar-refractivity contribution is -0.444. The molecule has 0 saturated heterocycles. The zero-order valence-electron chi connectivity index (χ0n) is 8.37. The number of rotatable bonds is 2. The van der Waals surface area contributed by atoms with Crippen LogP contribution < -0.4 is 5.73 Å². The third kappa shape index (κ3) is 3.17. The van der Waals surface area contributed by atoms with E-state index in [1.165, 1.54) is 0 Å². The summed E-state index contributed by atoms with van der Waals surface area (Å²) in [6, 6.07) is 3.35. The largest absolute Gasteiger partial charge is 0.594 e. The van der Waals surface area contributed by atoms with Gasteiger partial charge >= 0.3 is 0 Å². The van der Waals surface area contributed by atoms with Crippen molar-refractivity contribution in [3.63, 3.8) is 0 Å². The van der Waals surface area contributed by atoms with Gasteiger partial charge < -0.3 is 10.9 Å². The molecule has 0 aliphatic carbocycles. The molecule has 82 valence electrons. The van der Waals surface area contributed by atoms with E-state index < -0.39 is 0 Å². The Balaban J connectivity index is 3.25. The fraction of sp³-hybridized carbons (Fsp3) is 0.333. The van der Waals surface area contributed by atoms with E-state index in [-0.39, 0.29) is 6.04 Å². The average molecular weight is 337 g/mol. The van der Waals surface area contributed by atoms with Crippen molar-refractivity contribution >= 4 is 43.2 Å². The standard InChI is InChI=1S/C9H11Br2N3O/c1-5(2)13-14(15)8-4-6(10)3-7(11)9(8)12/h3-5H,12H2,1-2H3. The number of hydrogen-bond donors (Lipinski definition) is 1. The zero-order chi connectivity index (χ0) is 11.6. The Bertz CT molecular complexity index is 405. The van der Waals surface area contributed by atoms with E-state index in [2.05, 4.69) is 37.0 Å². The highest BCUT2D eigenvalue weighted by Crippen LogP contribution is 2.33. The maximum absolute atomic E-state index is 11.6. The minimum atomic E-state index is -0.0698. The summed E-state index contributed by atoms with van der Waals surface area (Å²) in [5, 5.41) is 15.5. The Morgan fingerprint density at radius 1 is 1.40 bits per heavy atom. The first-order valence-corrected chi connectivity index (χ1v) is 5.93. The van der Waals surface area contributed by atoms with Crippen molar-refractivity contribution in [2.75, 3.05) is 5.73 Å². The number of nitrogen functional groups attached to an aromatic ring is 1. The molecule has 0 atom stereocenters. The molecule has 0 radical (unpaired) electrons. The highest BCUT2D eigenvalue weighted by Gasteiger charge is 2.14. The van der Waals surface area contributed by atoms with Crippen LogP contribution in [0.4, 0.5) is 11.4 Å². The molecule has 0 saturated carbocycles. The number of azo groups is 1. The summed E-state index contributed by atoms with van der Waals surface area (Å²) < 4.78 is 1.45. The molecule has 1 aromatic carbocycles. The summed E-state index contributed by atoms with van der Waals surface area (Å²) in [7, 11) is 0. The SMILES string of the molecule is CC(C)N=[N+]([O-])c1cc(Br)cc(Br)c1N. The highest BCUT2D eigenvalue weighted by atomic mass is 79.9. The van der Waals surface area contributed by atoms with Gasteiger partial charge in [0.15, 0.2) is 0 Å². The quantitative estimate of drug-likeness (QED) is 0.386. The fourth-order valence-corrected chi connectivity index (χ4v) is 2.20. The van der Waals surface area contributed by atoms with Crippen LogP contribution in [-0.2, 0) is 0 Å². The van der Waals surface area contributed by atoms with Crippen molar-refractivity contribution in [2.24, 2.45) is 5.11 Å². The van der Waals surface area contributed by atoms with E-state index in [4.69, 9.17) is 5.73 Å². The first-order valence-electron chi connectivity index (χ1n) is 4.34. The van der Waals surface area contributed by atoms with Crippen LogP contribution in [0.5, 0.6) is 0 Å². The second-order valence-corrected chi connectivity index (χ2v) is 5.07. The normalized spacial score (nSPS) is 12.2. The van der Waals surface area contributed by atoms with Gasteiger partial charge in [-0.15, -0.1) is 0 Å². The molecule has 0 aliphatic heterocycles. The predicted molar refractivity (Wildman–Crippen MR) is 67.1 cm³/mol. The van der Waals surface area contributed by atoms with Crippen LogP contribution in [0.15, 0.2) is 26.2 Å². The van der Waals surface area contributed by atoms with Gasteiger partial charge in [-0.05, 0) is 41.0 Å². The number of nitrogens with zero attached hydrogens (tertiary/aromatic N) is 2. The van der Waals surface area contributed by atoms with E-state index in [0.717, 1.165) is 4.47 Å². The van der Waals surface area contributed by atoms with Crippen molar-refractivity contribution in [1.29, 1.82) is 0 Å². The summed E-state index contributed by atoms with van der Waals surface area (Å²) in [4.78, 5) is 0.551. The Kier molecular flexibility index (Phi) is 4.10. The number of nitrogens with two attached hydrogens (primary N) is 1. The summed E-state index contributed by atoms with van der Waals surface area (Å²) in [6.45, 7) is 3.65. The van der Waals surface area contributed by atoms with E-state index in [9.17, 15) is 5.21 Å². The summed E-state index contributed by atoms with van der Waals surface area (Å²) in [6.07, 6.45) is 0. The van der Waals surface area contributed by atoms with Gasteiger partial charge in [0.1, 0.15) is 11.7 Å². The van der Waals surface area contributed by atoms with E-state index in [0.29, 0.717) is 20.7 Å². The first kappa shape index (κ1) is 12.4. The lowest BCUT2D eigenvalue weighted by Crippen LogP contribution is -2.02. The number of hydrogen-bond acceptors (Lipinski definition) is 3. The molecule has 0 bridgehead atoms. The minimum Gasteiger partial charge on any atom is -0.594 e. The number of anilines is 1. The second-order valence-electron chi connectivity index (χ2n) is 3.30. The van der Waals surface area contributed by atoms with Crippen molar-refractivity contribution in [3.05, 3.63) is 26.3 Å². The van der Waals surface area contributed by atoms with Crippen LogP contribution in [-0.4, -0.2) is 10.9 Å². The van der Waals surface area contributed by atoms with Crippen LogP contribution >= 0.6 is 31.9 Å². The maximum atomic E-state index is 11.6. The Hall–Kier alpha value is -0.620. The van der Waals surface area contributed by atoms with Gasteiger partial charge in [-0.1, -0.05) is 20.8 Å². The molecule has 0 fully saturated rings. The van der Waals surface area contributed by atoms with Crippen molar-refractivity contribution < 1.29 is 4.86 Å². The third-order valence-corrected chi connectivity index (χ3v) is 2.73. The van der Waals surface area contributed by atoms with Crippen molar-refractivity contribution in [3.8, 4) is 0 Å². The van der Waals surface area contributed by atoms with Crippen molar-refractivity contribution in [2.45, 2.75) is 19.9 Å². The lowest BCUT2D eigenvalue weighted by atomic mass is 10.3. The van der Waals surface area contributed by atoms with Crippen molar-refractivity contribution in [1.82, 2.24) is 0 Å². The van der Waals surface area contributed by atoms with Crippen LogP contribution in [0.25, 0.3) is 0 Å². The number of halogens is 2. The molecule has 0 spiro atoms. The van der Waals surface area contributed by atoms with Gasteiger partial charge in [-0.3, -0.25) is 0 Å². The maximum Gasteiger partial charge on any atom is 0.269 e. The summed E-state index contributed by atoms with van der Waals surface area (Å²) in [5.74, 6) is 0. The van der Waals surface area contributed by atoms with Crippen LogP contribution in [0.3, 0.4) is 0 Å². The Morgan fingerprint density at radius 3 is 2.53 bits per heavy atom. The molecule has 4 nitrogen and oxygen atoms in total. The average Bonchev–Trinajstić information content (AvgIpc) is 2.09. The van der Waals surface area contributed by atoms with Crippen LogP contribution in [0.2, 0.25) is 0 Å². The topological polar surface area (TPSA) is 64.5 Å². The first-order chi connectivity index (χ1) is 6.91. The molecular formula is C9H11Br2N3O. The molecule has 6 heteroatoms. The molecule has 0 aliphatic rings. The van der Waals surface area contributed by atoms with Gasteiger partial charge in [0, 0.05) is 15.0 Å². The molecule has 0 amide bonds. The van der Waals surface area contributed by atoms with Gasteiger partial charge in [0.25, 0.3) is 5.69 Å². The van der Waals surface area contributed by atoms with E-state index in [1.54, 1.807) is 12.1 Å². The highest BCUT2D eigenvalue weighted by molar-refractivity contribution is 9.11. The zero-order valence-corrected chi connectivity index (χ0v) is 11.5. The van der Waals surface area contributed by atoms with Gasteiger partial charge in [0.05, 0.1) is 0 Å². The molecule has 1 aromatic rings. The smallest absolute Gasteiger partial charge is 0.269 e. The fourth-order valence-electron chi connectivity index (χ4n) is 1.00. The van der Waals surface area contributed by atoms with Crippen LogP contribution in [0, 0.1) is 5.21 Å². The molecule has 0 unspecified atom stereocenters. The summed E-state index contributed by atoms with van der Waals surface area (Å²) >= 11 is 6.56. The monoisotopic (exact) mass is 335 g/mol. The van der Waals surface area contributed by atoms with Gasteiger partial charge in [-0.2, -0.15) is 0 Å². The third-order valence-electron chi connectivity index (χ3n) is 1.61. The second kappa shape index (κ2) is 4.94. The van der Waals surface area contributed by atoms with E-state index >= 15 is 0 Å². The van der Waals surface area contributed by atoms with Crippen LogP contribution in [0.1, 0.15) is 13.8 Å².